The van der Waals surface area contributed by atoms with E-state index in [-0.39, 0.29) is 21.7 Å². The van der Waals surface area contributed by atoms with Gasteiger partial charge in [0.1, 0.15) is 17.1 Å². The number of H-pyrrole nitrogens is 1. The number of nitrogens with one attached hydrogen (secondary N) is 1. The van der Waals surface area contributed by atoms with Crippen LogP contribution in [0.5, 0.6) is 0 Å². The molecule has 3 rings (SSSR count). The minimum absolute atomic E-state index is 0.0421. The molecule has 2 heterocycles. The van der Waals surface area contributed by atoms with Gasteiger partial charge in [-0.1, -0.05) is 11.6 Å². The Kier molecular flexibility index (Phi) is 1.99. The highest BCUT2D eigenvalue weighted by Gasteiger charge is 2.78. The predicted octanol–water partition coefficient (Wildman–Crippen LogP) is 1.97. The first-order valence-corrected chi connectivity index (χ1v) is 5.37. The number of halogens is 3. The highest BCUT2D eigenvalue weighted by molar-refractivity contribution is 6.34. The number of carbonyl (C=O) groups is 1. The van der Waals surface area contributed by atoms with Crippen molar-refractivity contribution in [2.24, 2.45) is 0 Å². The van der Waals surface area contributed by atoms with Gasteiger partial charge in [-0.05, 0) is 0 Å². The second-order valence-corrected chi connectivity index (χ2v) is 4.54. The summed E-state index contributed by atoms with van der Waals surface area (Å²) < 4.78 is 26.9. The minimum Gasteiger partial charge on any atom is -0.480 e. The molecule has 2 N–H and O–H groups in total. The van der Waals surface area contributed by atoms with Crippen LogP contribution in [0.3, 0.4) is 0 Å². The number of fused-ring (bicyclic) bond motifs is 1. The third kappa shape index (κ3) is 1.17. The van der Waals surface area contributed by atoms with E-state index in [9.17, 15) is 13.6 Å². The van der Waals surface area contributed by atoms with Gasteiger partial charge in [0.05, 0.1) is 5.39 Å². The van der Waals surface area contributed by atoms with E-state index in [1.807, 2.05) is 0 Å². The normalized spacial score (nSPS) is 25.3. The lowest BCUT2D eigenvalue weighted by molar-refractivity contribution is -0.142. The zero-order chi connectivity index (χ0) is 13.1. The zero-order valence-electron chi connectivity index (χ0n) is 8.75. The van der Waals surface area contributed by atoms with E-state index >= 15 is 0 Å². The van der Waals surface area contributed by atoms with Crippen LogP contribution in [0.4, 0.5) is 8.78 Å². The number of aromatic nitrogens is 3. The van der Waals surface area contributed by atoms with Gasteiger partial charge in [0, 0.05) is 18.2 Å². The first-order valence-electron chi connectivity index (χ1n) is 4.99. The van der Waals surface area contributed by atoms with E-state index < -0.39 is 23.7 Å². The molecule has 0 spiro atoms. The summed E-state index contributed by atoms with van der Waals surface area (Å²) in [5.74, 6) is -4.86. The van der Waals surface area contributed by atoms with E-state index in [0.29, 0.717) is 0 Å². The third-order valence-electron chi connectivity index (χ3n) is 3.24. The Morgan fingerprint density at radius 2 is 2.17 bits per heavy atom. The average molecular weight is 274 g/mol. The summed E-state index contributed by atoms with van der Waals surface area (Å²) in [6, 6.07) is 0. The fraction of sp³-hybridized carbons (Fsp3) is 0.300. The molecule has 0 aromatic carbocycles. The Balaban J connectivity index is 2.31. The standard InChI is InChI=1S/C10H6ClF2N3O2/c11-6-5-4(1-14-7(5)16-3-15-6)9(8(17)18)2-10(9,12)13/h1,3H,2H2,(H,17,18)(H,14,15,16). The topological polar surface area (TPSA) is 78.9 Å². The Hall–Kier alpha value is -1.76. The summed E-state index contributed by atoms with van der Waals surface area (Å²) in [6.07, 6.45) is 1.64. The zero-order valence-corrected chi connectivity index (χ0v) is 9.50. The largest absolute Gasteiger partial charge is 0.480 e. The Morgan fingerprint density at radius 1 is 1.50 bits per heavy atom. The van der Waals surface area contributed by atoms with Crippen molar-refractivity contribution in [1.29, 1.82) is 0 Å². The van der Waals surface area contributed by atoms with Crippen molar-refractivity contribution < 1.29 is 18.7 Å². The van der Waals surface area contributed by atoms with Crippen molar-refractivity contribution in [3.8, 4) is 0 Å². The highest BCUT2D eigenvalue weighted by atomic mass is 35.5. The number of alkyl halides is 2. The summed E-state index contributed by atoms with van der Waals surface area (Å²) >= 11 is 5.83. The molecule has 1 aliphatic carbocycles. The van der Waals surface area contributed by atoms with Gasteiger partial charge in [0.2, 0.25) is 0 Å². The van der Waals surface area contributed by atoms with Crippen LogP contribution in [-0.2, 0) is 10.2 Å². The monoisotopic (exact) mass is 273 g/mol. The second kappa shape index (κ2) is 3.17. The van der Waals surface area contributed by atoms with Gasteiger partial charge < -0.3 is 10.1 Å². The molecule has 2 aromatic heterocycles. The number of nitrogens with zero attached hydrogens (tertiary/aromatic N) is 2. The molecule has 0 radical (unpaired) electrons. The number of aliphatic carboxylic acids is 1. The molecular weight excluding hydrogens is 268 g/mol. The van der Waals surface area contributed by atoms with Gasteiger partial charge in [-0.2, -0.15) is 0 Å². The van der Waals surface area contributed by atoms with E-state index in [2.05, 4.69) is 15.0 Å². The van der Waals surface area contributed by atoms with Crippen molar-refractivity contribution >= 4 is 28.6 Å². The molecule has 2 aromatic rings. The fourth-order valence-corrected chi connectivity index (χ4v) is 2.42. The molecule has 0 bridgehead atoms. The fourth-order valence-electron chi connectivity index (χ4n) is 2.19. The van der Waals surface area contributed by atoms with Crippen LogP contribution in [0.2, 0.25) is 5.15 Å². The van der Waals surface area contributed by atoms with Gasteiger partial charge in [0.25, 0.3) is 5.92 Å². The molecular formula is C10H6ClF2N3O2. The lowest BCUT2D eigenvalue weighted by Crippen LogP contribution is -2.26. The molecule has 1 fully saturated rings. The molecule has 1 unspecified atom stereocenters. The Bertz CT molecular complexity index is 672. The summed E-state index contributed by atoms with van der Waals surface area (Å²) in [4.78, 5) is 21.3. The number of carboxylic acid groups (broad SMARTS) is 1. The smallest absolute Gasteiger partial charge is 0.320 e. The van der Waals surface area contributed by atoms with Crippen molar-refractivity contribution in [3.63, 3.8) is 0 Å². The predicted molar refractivity (Wildman–Crippen MR) is 57.8 cm³/mol. The van der Waals surface area contributed by atoms with E-state index in [1.54, 1.807) is 0 Å². The first-order chi connectivity index (χ1) is 8.40. The van der Waals surface area contributed by atoms with Crippen LogP contribution in [0, 0.1) is 0 Å². The molecule has 0 saturated heterocycles. The first kappa shape index (κ1) is 11.3. The number of carboxylic acids is 1. The molecule has 1 aliphatic rings. The average Bonchev–Trinajstić information content (AvgIpc) is 2.70. The van der Waals surface area contributed by atoms with Crippen LogP contribution in [0.25, 0.3) is 11.0 Å². The van der Waals surface area contributed by atoms with Gasteiger partial charge in [-0.25, -0.2) is 18.7 Å². The summed E-state index contributed by atoms with van der Waals surface area (Å²) in [7, 11) is 0. The third-order valence-corrected chi connectivity index (χ3v) is 3.52. The SMILES string of the molecule is O=C(O)C1(c2c[nH]c3ncnc(Cl)c23)CC1(F)F. The van der Waals surface area contributed by atoms with Crippen LogP contribution in [-0.4, -0.2) is 32.0 Å². The second-order valence-electron chi connectivity index (χ2n) is 4.18. The van der Waals surface area contributed by atoms with Crippen LogP contribution in [0.15, 0.2) is 12.5 Å². The van der Waals surface area contributed by atoms with Crippen molar-refractivity contribution in [1.82, 2.24) is 15.0 Å². The maximum Gasteiger partial charge on any atom is 0.320 e. The van der Waals surface area contributed by atoms with Crippen LogP contribution in [0.1, 0.15) is 12.0 Å². The Morgan fingerprint density at radius 3 is 2.72 bits per heavy atom. The lowest BCUT2D eigenvalue weighted by Gasteiger charge is -2.10. The van der Waals surface area contributed by atoms with Crippen molar-refractivity contribution in [3.05, 3.63) is 23.2 Å². The number of hydrogen-bond acceptors (Lipinski definition) is 3. The van der Waals surface area contributed by atoms with E-state index in [4.69, 9.17) is 16.7 Å². The molecule has 94 valence electrons. The van der Waals surface area contributed by atoms with Gasteiger partial charge in [-0.3, -0.25) is 4.79 Å². The molecule has 0 aliphatic heterocycles. The molecule has 18 heavy (non-hydrogen) atoms. The van der Waals surface area contributed by atoms with E-state index in [1.165, 1.54) is 12.5 Å². The van der Waals surface area contributed by atoms with E-state index in [0.717, 1.165) is 0 Å². The summed E-state index contributed by atoms with van der Waals surface area (Å²) in [5.41, 5.74) is -2.05. The number of aromatic amines is 1. The van der Waals surface area contributed by atoms with Gasteiger partial charge in [0.15, 0.2) is 5.41 Å². The van der Waals surface area contributed by atoms with Crippen molar-refractivity contribution in [2.45, 2.75) is 17.8 Å². The molecule has 1 atom stereocenters. The summed E-state index contributed by atoms with van der Waals surface area (Å²) in [5, 5.41) is 9.18. The van der Waals surface area contributed by atoms with Crippen molar-refractivity contribution in [2.75, 3.05) is 0 Å². The molecule has 8 heteroatoms. The minimum atomic E-state index is -3.28. The van der Waals surface area contributed by atoms with Gasteiger partial charge >= 0.3 is 5.97 Å². The molecule has 5 nitrogen and oxygen atoms in total. The van der Waals surface area contributed by atoms with Gasteiger partial charge in [-0.15, -0.1) is 0 Å². The molecule has 1 saturated carbocycles. The maximum absolute atomic E-state index is 13.4. The van der Waals surface area contributed by atoms with Crippen LogP contribution < -0.4 is 0 Å². The lowest BCUT2D eigenvalue weighted by atomic mass is 9.96. The van der Waals surface area contributed by atoms with Crippen LogP contribution >= 0.6 is 11.6 Å². The maximum atomic E-state index is 13.4. The Labute approximate surface area is 104 Å². The highest BCUT2D eigenvalue weighted by Crippen LogP contribution is 2.63. The summed E-state index contributed by atoms with van der Waals surface area (Å²) in [6.45, 7) is 0. The molecule has 0 amide bonds. The number of hydrogen-bond donors (Lipinski definition) is 2. The quantitative estimate of drug-likeness (QED) is 0.820. The number of rotatable bonds is 2.